The maximum atomic E-state index is 5.79. The van der Waals surface area contributed by atoms with Crippen LogP contribution in [0.5, 0.6) is 5.75 Å². The van der Waals surface area contributed by atoms with Gasteiger partial charge in [-0.25, -0.2) is 5.10 Å². The Hall–Kier alpha value is -2.60. The number of aromatic amines is 1. The summed E-state index contributed by atoms with van der Waals surface area (Å²) in [7, 11) is 0. The fourth-order valence-corrected chi connectivity index (χ4v) is 2.89. The molecule has 110 valence electrons. The Kier molecular flexibility index (Phi) is 3.16. The molecule has 2 aromatic carbocycles. The predicted octanol–water partition coefficient (Wildman–Crippen LogP) is 3.43. The minimum absolute atomic E-state index is 0.567. The lowest BCUT2D eigenvalue weighted by molar-refractivity contribution is 0.301. The number of aromatic nitrogens is 4. The maximum absolute atomic E-state index is 5.79. The van der Waals surface area contributed by atoms with E-state index in [4.69, 9.17) is 17.0 Å². The normalized spacial score (nSPS) is 11.3. The molecule has 1 N–H and O–H groups in total. The zero-order valence-electron chi connectivity index (χ0n) is 11.8. The van der Waals surface area contributed by atoms with E-state index < -0.39 is 0 Å². The van der Waals surface area contributed by atoms with Crippen molar-refractivity contribution in [1.29, 1.82) is 0 Å². The molecule has 0 aliphatic carbocycles. The van der Waals surface area contributed by atoms with E-state index in [1.807, 2.05) is 52.9 Å². The van der Waals surface area contributed by atoms with Crippen LogP contribution in [0.2, 0.25) is 0 Å². The van der Waals surface area contributed by atoms with E-state index >= 15 is 0 Å². The van der Waals surface area contributed by atoms with Gasteiger partial charge in [0, 0.05) is 0 Å². The van der Waals surface area contributed by atoms with Gasteiger partial charge in [-0.2, -0.15) is 0 Å². The summed E-state index contributed by atoms with van der Waals surface area (Å²) in [4.78, 5) is 0. The van der Waals surface area contributed by atoms with Crippen molar-refractivity contribution in [2.75, 3.05) is 6.61 Å². The van der Waals surface area contributed by atoms with Crippen LogP contribution in [0.25, 0.3) is 16.8 Å². The van der Waals surface area contributed by atoms with Gasteiger partial charge in [-0.3, -0.25) is 4.40 Å². The molecule has 0 aliphatic rings. The molecular formula is C16H14N4OS. The van der Waals surface area contributed by atoms with Crippen molar-refractivity contribution in [1.82, 2.24) is 19.2 Å². The molecule has 0 radical (unpaired) electrons. The first-order chi connectivity index (χ1) is 10.8. The van der Waals surface area contributed by atoms with E-state index in [9.17, 15) is 0 Å². The highest BCUT2D eigenvalue weighted by atomic mass is 32.1. The fourth-order valence-electron chi connectivity index (χ4n) is 2.67. The van der Waals surface area contributed by atoms with Crippen LogP contribution in [0.15, 0.2) is 54.6 Å². The number of rotatable bonds is 4. The quantitative estimate of drug-likeness (QED) is 0.588. The third kappa shape index (κ3) is 2.08. The van der Waals surface area contributed by atoms with E-state index in [1.54, 1.807) is 0 Å². The summed E-state index contributed by atoms with van der Waals surface area (Å²) in [6.45, 7) is 1.27. The molecule has 5 nitrogen and oxygen atoms in total. The molecule has 0 atom stereocenters. The van der Waals surface area contributed by atoms with Gasteiger partial charge < -0.3 is 9.30 Å². The third-order valence-electron chi connectivity index (χ3n) is 3.64. The van der Waals surface area contributed by atoms with E-state index in [1.165, 1.54) is 0 Å². The van der Waals surface area contributed by atoms with Gasteiger partial charge >= 0.3 is 0 Å². The van der Waals surface area contributed by atoms with Crippen LogP contribution in [0.3, 0.4) is 0 Å². The monoisotopic (exact) mass is 310 g/mol. The highest BCUT2D eigenvalue weighted by Crippen LogP contribution is 2.20. The molecular weight excluding hydrogens is 296 g/mol. The van der Waals surface area contributed by atoms with Crippen LogP contribution in [0.4, 0.5) is 0 Å². The summed E-state index contributed by atoms with van der Waals surface area (Å²) in [6, 6.07) is 17.9. The standard InChI is InChI=1S/C16H14N4OS/c22-16-18-17-15-19(10-11-21-12-6-2-1-3-7-12)13-8-4-5-9-14(13)20(15)16/h1-9H,10-11H2,(H,18,22). The van der Waals surface area contributed by atoms with Crippen LogP contribution in [0.1, 0.15) is 0 Å². The molecule has 4 aromatic rings. The number of nitrogens with one attached hydrogen (secondary N) is 1. The molecule has 0 aliphatic heterocycles. The smallest absolute Gasteiger partial charge is 0.235 e. The van der Waals surface area contributed by atoms with Gasteiger partial charge in [0.15, 0.2) is 0 Å². The van der Waals surface area contributed by atoms with Crippen LogP contribution in [-0.2, 0) is 6.54 Å². The van der Waals surface area contributed by atoms with Gasteiger partial charge in [-0.1, -0.05) is 30.3 Å². The number of nitrogens with zero attached hydrogens (tertiary/aromatic N) is 3. The van der Waals surface area contributed by atoms with Gasteiger partial charge in [0.25, 0.3) is 0 Å². The van der Waals surface area contributed by atoms with Gasteiger partial charge in [-0.05, 0) is 36.5 Å². The van der Waals surface area contributed by atoms with Gasteiger partial charge in [0.05, 0.1) is 17.6 Å². The first-order valence-corrected chi connectivity index (χ1v) is 7.47. The number of ether oxygens (including phenoxy) is 1. The maximum Gasteiger partial charge on any atom is 0.235 e. The van der Waals surface area contributed by atoms with Crippen LogP contribution >= 0.6 is 12.2 Å². The summed E-state index contributed by atoms with van der Waals surface area (Å²) in [5.41, 5.74) is 2.15. The van der Waals surface area contributed by atoms with E-state index in [2.05, 4.69) is 20.8 Å². The molecule has 0 unspecified atom stereocenters. The number of H-pyrrole nitrogens is 1. The van der Waals surface area contributed by atoms with Crippen LogP contribution in [-0.4, -0.2) is 25.8 Å². The zero-order chi connectivity index (χ0) is 14.9. The van der Waals surface area contributed by atoms with Gasteiger partial charge in [0.1, 0.15) is 12.4 Å². The molecule has 4 rings (SSSR count). The molecule has 0 amide bonds. The molecule has 0 bridgehead atoms. The average molecular weight is 310 g/mol. The molecule has 0 fully saturated rings. The molecule has 2 heterocycles. The summed E-state index contributed by atoms with van der Waals surface area (Å²) in [5.74, 6) is 1.68. The number of imidazole rings is 1. The van der Waals surface area contributed by atoms with Crippen molar-refractivity contribution in [2.24, 2.45) is 0 Å². The van der Waals surface area contributed by atoms with Crippen LogP contribution < -0.4 is 4.74 Å². The Bertz CT molecular complexity index is 984. The van der Waals surface area contributed by atoms with Crippen molar-refractivity contribution in [3.05, 3.63) is 59.4 Å². The van der Waals surface area contributed by atoms with Crippen LogP contribution in [0, 0.1) is 4.77 Å². The Morgan fingerprint density at radius 2 is 1.73 bits per heavy atom. The Morgan fingerprint density at radius 3 is 2.55 bits per heavy atom. The zero-order valence-corrected chi connectivity index (χ0v) is 12.6. The summed E-state index contributed by atoms with van der Waals surface area (Å²) in [6.07, 6.45) is 0. The van der Waals surface area contributed by atoms with Gasteiger partial charge in [0.2, 0.25) is 10.5 Å². The second-order valence-corrected chi connectivity index (χ2v) is 5.35. The SMILES string of the molecule is S=c1[nH]nc2n(CCOc3ccccc3)c3ccccc3n12. The van der Waals surface area contributed by atoms with Crippen molar-refractivity contribution in [3.8, 4) is 5.75 Å². The number of hydrogen-bond acceptors (Lipinski definition) is 3. The topological polar surface area (TPSA) is 47.2 Å². The minimum Gasteiger partial charge on any atom is -0.492 e. The first kappa shape index (κ1) is 13.1. The molecule has 6 heteroatoms. The average Bonchev–Trinajstić information content (AvgIpc) is 3.08. The van der Waals surface area contributed by atoms with Gasteiger partial charge in [-0.15, -0.1) is 5.10 Å². The highest BCUT2D eigenvalue weighted by Gasteiger charge is 2.12. The summed E-state index contributed by atoms with van der Waals surface area (Å²) < 4.78 is 10.5. The summed E-state index contributed by atoms with van der Waals surface area (Å²) >= 11 is 5.32. The number of benzene rings is 2. The van der Waals surface area contributed by atoms with Crippen molar-refractivity contribution in [3.63, 3.8) is 0 Å². The number of para-hydroxylation sites is 3. The van der Waals surface area contributed by atoms with Crippen molar-refractivity contribution < 1.29 is 4.74 Å². The van der Waals surface area contributed by atoms with E-state index in [0.29, 0.717) is 17.9 Å². The molecule has 22 heavy (non-hydrogen) atoms. The van der Waals surface area contributed by atoms with Crippen molar-refractivity contribution in [2.45, 2.75) is 6.54 Å². The molecule has 2 aromatic heterocycles. The molecule has 0 spiro atoms. The third-order valence-corrected chi connectivity index (χ3v) is 3.91. The Labute approximate surface area is 131 Å². The number of hydrogen-bond donors (Lipinski definition) is 1. The largest absolute Gasteiger partial charge is 0.492 e. The van der Waals surface area contributed by atoms with E-state index in [0.717, 1.165) is 22.6 Å². The Morgan fingerprint density at radius 1 is 1.00 bits per heavy atom. The number of fused-ring (bicyclic) bond motifs is 3. The fraction of sp³-hybridized carbons (Fsp3) is 0.125. The summed E-state index contributed by atoms with van der Waals surface area (Å²) in [5, 5.41) is 7.19. The second kappa shape index (κ2) is 5.31. The molecule has 0 saturated carbocycles. The van der Waals surface area contributed by atoms with Crippen molar-refractivity contribution >= 4 is 29.0 Å². The first-order valence-electron chi connectivity index (χ1n) is 7.07. The Balaban J connectivity index is 1.69. The highest BCUT2D eigenvalue weighted by molar-refractivity contribution is 7.71. The van der Waals surface area contributed by atoms with E-state index in [-0.39, 0.29) is 0 Å². The minimum atomic E-state index is 0.567. The second-order valence-electron chi connectivity index (χ2n) is 4.97. The lowest BCUT2D eigenvalue weighted by atomic mass is 10.3. The molecule has 0 saturated heterocycles. The lowest BCUT2D eigenvalue weighted by Gasteiger charge is -2.07. The lowest BCUT2D eigenvalue weighted by Crippen LogP contribution is -2.08. The predicted molar refractivity (Wildman–Crippen MR) is 87.8 cm³/mol.